The van der Waals surface area contributed by atoms with E-state index in [2.05, 4.69) is 0 Å². The maximum Gasteiger partial charge on any atom is 0.349 e. The molecule has 98 valence electrons. The highest BCUT2D eigenvalue weighted by atomic mass is 16.6. The normalized spacial score (nSPS) is 11.7. The number of aliphatic carboxylic acids is 1. The van der Waals surface area contributed by atoms with E-state index in [0.717, 1.165) is 12.0 Å². The van der Waals surface area contributed by atoms with Crippen LogP contribution < -0.4 is 4.74 Å². The van der Waals surface area contributed by atoms with E-state index >= 15 is 0 Å². The van der Waals surface area contributed by atoms with E-state index in [1.54, 1.807) is 12.1 Å². The monoisotopic (exact) mass is 252 g/mol. The van der Waals surface area contributed by atoms with Gasteiger partial charge in [-0.15, -0.1) is 0 Å². The maximum atomic E-state index is 11.2. The average Bonchev–Trinajstić information content (AvgIpc) is 2.34. The highest BCUT2D eigenvalue weighted by molar-refractivity contribution is 5.79. The van der Waals surface area contributed by atoms with Crippen molar-refractivity contribution >= 4 is 11.9 Å². The smallest absolute Gasteiger partial charge is 0.349 e. The Morgan fingerprint density at radius 3 is 2.50 bits per heavy atom. The zero-order chi connectivity index (χ0) is 13.7. The first kappa shape index (κ1) is 14.0. The fraction of sp³-hybridized carbons (Fsp3) is 0.385. The fourth-order valence-corrected chi connectivity index (χ4v) is 1.62. The molecule has 0 bridgehead atoms. The van der Waals surface area contributed by atoms with Crippen molar-refractivity contribution in [1.29, 1.82) is 0 Å². The molecule has 0 spiro atoms. The molecule has 0 aromatic heterocycles. The molecule has 0 aliphatic carbocycles. The summed E-state index contributed by atoms with van der Waals surface area (Å²) < 4.78 is 9.92. The number of aryl methyl sites for hydroxylation is 1. The van der Waals surface area contributed by atoms with Crippen molar-refractivity contribution in [1.82, 2.24) is 0 Å². The minimum atomic E-state index is -1.34. The molecule has 5 heteroatoms. The van der Waals surface area contributed by atoms with Gasteiger partial charge in [-0.25, -0.2) is 4.79 Å². The summed E-state index contributed by atoms with van der Waals surface area (Å²) in [6, 6.07) is 5.20. The lowest BCUT2D eigenvalue weighted by molar-refractivity contribution is -0.163. The van der Waals surface area contributed by atoms with Crippen LogP contribution in [0.15, 0.2) is 18.2 Å². The number of hydrogen-bond donors (Lipinski definition) is 1. The number of hydrogen-bond acceptors (Lipinski definition) is 4. The van der Waals surface area contributed by atoms with Crippen molar-refractivity contribution in [2.24, 2.45) is 0 Å². The van der Waals surface area contributed by atoms with E-state index in [1.165, 1.54) is 14.0 Å². The second-order valence-corrected chi connectivity index (χ2v) is 3.76. The maximum absolute atomic E-state index is 11.2. The summed E-state index contributed by atoms with van der Waals surface area (Å²) in [5.41, 5.74) is 1.30. The summed E-state index contributed by atoms with van der Waals surface area (Å²) in [4.78, 5) is 22.1. The van der Waals surface area contributed by atoms with Gasteiger partial charge in [-0.1, -0.05) is 13.0 Å². The predicted molar refractivity (Wildman–Crippen MR) is 64.5 cm³/mol. The van der Waals surface area contributed by atoms with Gasteiger partial charge in [-0.3, -0.25) is 4.79 Å². The van der Waals surface area contributed by atoms with Crippen molar-refractivity contribution in [2.75, 3.05) is 7.11 Å². The second-order valence-electron chi connectivity index (χ2n) is 3.76. The number of rotatable bonds is 5. The van der Waals surface area contributed by atoms with Gasteiger partial charge in [0.25, 0.3) is 0 Å². The highest BCUT2D eigenvalue weighted by Gasteiger charge is 2.26. The first-order valence-corrected chi connectivity index (χ1v) is 5.56. The number of esters is 1. The Morgan fingerprint density at radius 1 is 1.39 bits per heavy atom. The molecule has 5 nitrogen and oxygen atoms in total. The molecule has 0 aliphatic heterocycles. The average molecular weight is 252 g/mol. The minimum absolute atomic E-state index is 0.347. The Hall–Kier alpha value is -2.04. The third kappa shape index (κ3) is 3.23. The Bertz CT molecular complexity index is 453. The number of carbonyl (C=O) groups is 2. The molecule has 0 saturated carbocycles. The Balaban J connectivity index is 3.23. The number of methoxy groups -OCH3 is 1. The van der Waals surface area contributed by atoms with Crippen LogP contribution in [0, 0.1) is 0 Å². The molecule has 18 heavy (non-hydrogen) atoms. The Labute approximate surface area is 105 Å². The van der Waals surface area contributed by atoms with E-state index < -0.39 is 18.0 Å². The molecule has 0 saturated heterocycles. The van der Waals surface area contributed by atoms with Gasteiger partial charge < -0.3 is 14.6 Å². The lowest BCUT2D eigenvalue weighted by Gasteiger charge is -2.17. The van der Waals surface area contributed by atoms with Crippen LogP contribution in [-0.2, 0) is 20.7 Å². The van der Waals surface area contributed by atoms with Gasteiger partial charge in [0.2, 0.25) is 6.10 Å². The van der Waals surface area contributed by atoms with Crippen molar-refractivity contribution in [3.05, 3.63) is 29.3 Å². The molecule has 0 amide bonds. The molecule has 0 aliphatic rings. The third-order valence-corrected chi connectivity index (χ3v) is 2.49. The van der Waals surface area contributed by atoms with Crippen LogP contribution in [0.25, 0.3) is 0 Å². The molecule has 1 atom stereocenters. The number of ether oxygens (including phenoxy) is 2. The summed E-state index contributed by atoms with van der Waals surface area (Å²) in [6.45, 7) is 3.12. The summed E-state index contributed by atoms with van der Waals surface area (Å²) in [5, 5.41) is 9.13. The van der Waals surface area contributed by atoms with Crippen molar-refractivity contribution in [2.45, 2.75) is 26.4 Å². The van der Waals surface area contributed by atoms with E-state index in [9.17, 15) is 9.59 Å². The van der Waals surface area contributed by atoms with Crippen LogP contribution in [-0.4, -0.2) is 24.2 Å². The topological polar surface area (TPSA) is 72.8 Å². The van der Waals surface area contributed by atoms with Gasteiger partial charge in [0.1, 0.15) is 5.75 Å². The van der Waals surface area contributed by atoms with Gasteiger partial charge in [0.05, 0.1) is 7.11 Å². The van der Waals surface area contributed by atoms with Crippen LogP contribution in [0.1, 0.15) is 31.1 Å². The van der Waals surface area contributed by atoms with E-state index in [1.807, 2.05) is 13.0 Å². The van der Waals surface area contributed by atoms with Gasteiger partial charge >= 0.3 is 11.9 Å². The minimum Gasteiger partial charge on any atom is -0.496 e. The molecule has 1 unspecified atom stereocenters. The molecule has 0 fully saturated rings. The SMILES string of the molecule is CCc1ccc(OC)c(C(OC(C)=O)C(=O)O)c1. The van der Waals surface area contributed by atoms with Crippen molar-refractivity contribution in [3.8, 4) is 5.75 Å². The first-order valence-electron chi connectivity index (χ1n) is 5.56. The van der Waals surface area contributed by atoms with Crippen LogP contribution in [0.2, 0.25) is 0 Å². The van der Waals surface area contributed by atoms with Crippen molar-refractivity contribution < 1.29 is 24.2 Å². The summed E-state index contributed by atoms with van der Waals surface area (Å²) in [7, 11) is 1.44. The summed E-state index contributed by atoms with van der Waals surface area (Å²) in [6.07, 6.45) is -0.590. The molecular weight excluding hydrogens is 236 g/mol. The zero-order valence-corrected chi connectivity index (χ0v) is 10.6. The lowest BCUT2D eigenvalue weighted by atomic mass is 10.0. The van der Waals surface area contributed by atoms with Crippen LogP contribution in [0.4, 0.5) is 0 Å². The molecule has 1 rings (SSSR count). The number of carboxylic acid groups (broad SMARTS) is 1. The van der Waals surface area contributed by atoms with Gasteiger partial charge in [-0.05, 0) is 24.1 Å². The van der Waals surface area contributed by atoms with Gasteiger partial charge in [0.15, 0.2) is 0 Å². The van der Waals surface area contributed by atoms with E-state index in [4.69, 9.17) is 14.6 Å². The lowest BCUT2D eigenvalue weighted by Crippen LogP contribution is -2.18. The molecule has 1 aromatic rings. The first-order chi connectivity index (χ1) is 8.49. The van der Waals surface area contributed by atoms with E-state index in [-0.39, 0.29) is 0 Å². The van der Waals surface area contributed by atoms with Crippen LogP contribution in [0.3, 0.4) is 0 Å². The quantitative estimate of drug-likeness (QED) is 0.811. The van der Waals surface area contributed by atoms with E-state index in [0.29, 0.717) is 11.3 Å². The van der Waals surface area contributed by atoms with Gasteiger partial charge in [0, 0.05) is 12.5 Å². The molecule has 0 heterocycles. The number of carbonyl (C=O) groups excluding carboxylic acids is 1. The number of benzene rings is 1. The Kier molecular flexibility index (Phi) is 4.71. The van der Waals surface area contributed by atoms with Crippen molar-refractivity contribution in [3.63, 3.8) is 0 Å². The molecule has 1 aromatic carbocycles. The van der Waals surface area contributed by atoms with Gasteiger partial charge in [-0.2, -0.15) is 0 Å². The molecule has 1 N–H and O–H groups in total. The van der Waals surface area contributed by atoms with Crippen LogP contribution >= 0.6 is 0 Å². The molecule has 0 radical (unpaired) electrons. The molecular formula is C13H16O5. The predicted octanol–water partition coefficient (Wildman–Crippen LogP) is 1.95. The Morgan fingerprint density at radius 2 is 2.06 bits per heavy atom. The standard InChI is InChI=1S/C13H16O5/c1-4-9-5-6-11(17-3)10(7-9)12(13(15)16)18-8(2)14/h5-7,12H,4H2,1-3H3,(H,15,16). The third-order valence-electron chi connectivity index (χ3n) is 2.49. The van der Waals surface area contributed by atoms with Crippen LogP contribution in [0.5, 0.6) is 5.75 Å². The second kappa shape index (κ2) is 6.05. The fourth-order valence-electron chi connectivity index (χ4n) is 1.62. The summed E-state index contributed by atoms with van der Waals surface area (Å²) in [5.74, 6) is -1.48. The zero-order valence-electron chi connectivity index (χ0n) is 10.6. The number of carboxylic acids is 1. The highest BCUT2D eigenvalue weighted by Crippen LogP contribution is 2.29. The summed E-state index contributed by atoms with van der Waals surface area (Å²) >= 11 is 0. The largest absolute Gasteiger partial charge is 0.496 e.